The monoisotopic (exact) mass is 215 g/mol. The third-order valence-electron chi connectivity index (χ3n) is 2.62. The lowest BCUT2D eigenvalue weighted by Crippen LogP contribution is -1.95. The van der Waals surface area contributed by atoms with Gasteiger partial charge in [0.25, 0.3) is 0 Å². The van der Waals surface area contributed by atoms with Crippen molar-refractivity contribution in [2.24, 2.45) is 5.73 Å². The largest absolute Gasteiger partial charge is 0.326 e. The lowest BCUT2D eigenvalue weighted by molar-refractivity contribution is 0.631. The number of rotatable bonds is 2. The first-order valence-electron chi connectivity index (χ1n) is 5.26. The van der Waals surface area contributed by atoms with E-state index in [2.05, 4.69) is 0 Å². The van der Waals surface area contributed by atoms with Gasteiger partial charge in [0.2, 0.25) is 0 Å². The first-order valence-corrected chi connectivity index (χ1v) is 5.26. The van der Waals surface area contributed by atoms with Crippen LogP contribution in [0.2, 0.25) is 0 Å². The molecule has 0 bridgehead atoms. The summed E-state index contributed by atoms with van der Waals surface area (Å²) in [7, 11) is 0. The van der Waals surface area contributed by atoms with E-state index in [0.717, 1.165) is 16.7 Å². The van der Waals surface area contributed by atoms with Gasteiger partial charge in [-0.25, -0.2) is 4.39 Å². The Morgan fingerprint density at radius 3 is 2.38 bits per heavy atom. The van der Waals surface area contributed by atoms with Crippen molar-refractivity contribution in [2.45, 2.75) is 13.5 Å². The van der Waals surface area contributed by atoms with E-state index < -0.39 is 0 Å². The minimum atomic E-state index is -0.189. The van der Waals surface area contributed by atoms with Crippen molar-refractivity contribution >= 4 is 0 Å². The van der Waals surface area contributed by atoms with Gasteiger partial charge in [-0.3, -0.25) is 0 Å². The van der Waals surface area contributed by atoms with Crippen LogP contribution in [0.15, 0.2) is 42.5 Å². The molecule has 0 saturated carbocycles. The summed E-state index contributed by atoms with van der Waals surface area (Å²) in [6.07, 6.45) is 0. The quantitative estimate of drug-likeness (QED) is 0.817. The first-order chi connectivity index (χ1) is 7.70. The molecule has 0 radical (unpaired) electrons. The van der Waals surface area contributed by atoms with Crippen molar-refractivity contribution in [3.63, 3.8) is 0 Å². The van der Waals surface area contributed by atoms with Crippen molar-refractivity contribution in [1.82, 2.24) is 0 Å². The van der Waals surface area contributed by atoms with Gasteiger partial charge in [-0.15, -0.1) is 0 Å². The number of hydrogen-bond donors (Lipinski definition) is 1. The predicted octanol–water partition coefficient (Wildman–Crippen LogP) is 3.26. The van der Waals surface area contributed by atoms with Gasteiger partial charge in [0.1, 0.15) is 5.82 Å². The molecule has 2 N–H and O–H groups in total. The van der Waals surface area contributed by atoms with Crippen LogP contribution >= 0.6 is 0 Å². The number of benzene rings is 2. The van der Waals surface area contributed by atoms with Crippen molar-refractivity contribution in [3.8, 4) is 11.1 Å². The molecule has 0 fully saturated rings. The fourth-order valence-corrected chi connectivity index (χ4v) is 1.68. The molecule has 2 rings (SSSR count). The molecule has 1 nitrogen and oxygen atoms in total. The molecule has 2 aromatic rings. The van der Waals surface area contributed by atoms with E-state index in [1.165, 1.54) is 6.07 Å². The summed E-state index contributed by atoms with van der Waals surface area (Å²) in [5.41, 5.74) is 9.16. The Kier molecular flexibility index (Phi) is 3.02. The average Bonchev–Trinajstić information content (AvgIpc) is 2.32. The van der Waals surface area contributed by atoms with E-state index in [0.29, 0.717) is 12.1 Å². The van der Waals surface area contributed by atoms with E-state index in [1.54, 1.807) is 6.07 Å². The molecule has 0 aliphatic rings. The maximum atomic E-state index is 13.6. The molecule has 0 atom stereocenters. The molecule has 0 aromatic heterocycles. The molecule has 0 aliphatic carbocycles. The SMILES string of the molecule is Cc1ccc(F)c(-c2ccc(CN)cc2)c1. The maximum Gasteiger partial charge on any atom is 0.131 e. The molecule has 0 saturated heterocycles. The van der Waals surface area contributed by atoms with Gasteiger partial charge in [-0.1, -0.05) is 35.9 Å². The van der Waals surface area contributed by atoms with Gasteiger partial charge in [-0.2, -0.15) is 0 Å². The van der Waals surface area contributed by atoms with Gasteiger partial charge < -0.3 is 5.73 Å². The zero-order valence-corrected chi connectivity index (χ0v) is 9.20. The Balaban J connectivity index is 2.45. The second kappa shape index (κ2) is 4.45. The molecule has 2 aromatic carbocycles. The Morgan fingerprint density at radius 1 is 1.06 bits per heavy atom. The van der Waals surface area contributed by atoms with Crippen LogP contribution in [-0.4, -0.2) is 0 Å². The van der Waals surface area contributed by atoms with Crippen LogP contribution < -0.4 is 5.73 Å². The molecule has 0 aliphatic heterocycles. The van der Waals surface area contributed by atoms with E-state index in [1.807, 2.05) is 37.3 Å². The highest BCUT2D eigenvalue weighted by Gasteiger charge is 2.04. The van der Waals surface area contributed by atoms with Crippen LogP contribution in [0.25, 0.3) is 11.1 Å². The fourth-order valence-electron chi connectivity index (χ4n) is 1.68. The zero-order chi connectivity index (χ0) is 11.5. The molecular weight excluding hydrogens is 201 g/mol. The molecule has 0 amide bonds. The van der Waals surface area contributed by atoms with Crippen LogP contribution in [0, 0.1) is 12.7 Å². The Morgan fingerprint density at radius 2 is 1.75 bits per heavy atom. The highest BCUT2D eigenvalue weighted by molar-refractivity contribution is 5.65. The third kappa shape index (κ3) is 2.12. The standard InChI is InChI=1S/C14H14FN/c1-10-2-7-14(15)13(8-10)12-5-3-11(9-16)4-6-12/h2-8H,9,16H2,1H3. The lowest BCUT2D eigenvalue weighted by Gasteiger charge is -2.05. The molecule has 82 valence electrons. The van der Waals surface area contributed by atoms with Crippen molar-refractivity contribution in [2.75, 3.05) is 0 Å². The number of halogens is 1. The Bertz CT molecular complexity index is 489. The summed E-state index contributed by atoms with van der Waals surface area (Å²) < 4.78 is 13.6. The van der Waals surface area contributed by atoms with Crippen LogP contribution in [-0.2, 0) is 6.54 Å². The van der Waals surface area contributed by atoms with Crippen LogP contribution in [0.5, 0.6) is 0 Å². The van der Waals surface area contributed by atoms with Crippen LogP contribution in [0.4, 0.5) is 4.39 Å². The highest BCUT2D eigenvalue weighted by Crippen LogP contribution is 2.24. The van der Waals surface area contributed by atoms with Crippen LogP contribution in [0.1, 0.15) is 11.1 Å². The predicted molar refractivity (Wildman–Crippen MR) is 64.5 cm³/mol. The fraction of sp³-hybridized carbons (Fsp3) is 0.143. The summed E-state index contributed by atoms with van der Waals surface area (Å²) in [5, 5.41) is 0. The Labute approximate surface area is 94.7 Å². The zero-order valence-electron chi connectivity index (χ0n) is 9.20. The van der Waals surface area contributed by atoms with Crippen LogP contribution in [0.3, 0.4) is 0 Å². The second-order valence-electron chi connectivity index (χ2n) is 3.88. The van der Waals surface area contributed by atoms with E-state index in [4.69, 9.17) is 5.73 Å². The van der Waals surface area contributed by atoms with Gasteiger partial charge in [0, 0.05) is 12.1 Å². The number of nitrogens with two attached hydrogens (primary N) is 1. The minimum absolute atomic E-state index is 0.189. The van der Waals surface area contributed by atoms with Crippen molar-refractivity contribution in [1.29, 1.82) is 0 Å². The number of hydrogen-bond acceptors (Lipinski definition) is 1. The summed E-state index contributed by atoms with van der Waals surface area (Å²) in [6, 6.07) is 12.8. The Hall–Kier alpha value is -1.67. The average molecular weight is 215 g/mol. The summed E-state index contributed by atoms with van der Waals surface area (Å²) in [5.74, 6) is -0.189. The molecule has 0 heterocycles. The normalized spacial score (nSPS) is 10.4. The van der Waals surface area contributed by atoms with E-state index in [-0.39, 0.29) is 5.82 Å². The highest BCUT2D eigenvalue weighted by atomic mass is 19.1. The second-order valence-corrected chi connectivity index (χ2v) is 3.88. The van der Waals surface area contributed by atoms with Gasteiger partial charge in [0.05, 0.1) is 0 Å². The molecule has 16 heavy (non-hydrogen) atoms. The summed E-state index contributed by atoms with van der Waals surface area (Å²) >= 11 is 0. The smallest absolute Gasteiger partial charge is 0.131 e. The minimum Gasteiger partial charge on any atom is -0.326 e. The van der Waals surface area contributed by atoms with Gasteiger partial charge in [-0.05, 0) is 30.2 Å². The number of aryl methyl sites for hydroxylation is 1. The lowest BCUT2D eigenvalue weighted by atomic mass is 10.0. The van der Waals surface area contributed by atoms with Crippen molar-refractivity contribution in [3.05, 3.63) is 59.4 Å². The molecule has 0 spiro atoms. The summed E-state index contributed by atoms with van der Waals surface area (Å²) in [4.78, 5) is 0. The summed E-state index contributed by atoms with van der Waals surface area (Å²) in [6.45, 7) is 2.47. The van der Waals surface area contributed by atoms with E-state index >= 15 is 0 Å². The van der Waals surface area contributed by atoms with Gasteiger partial charge >= 0.3 is 0 Å². The maximum absolute atomic E-state index is 13.6. The molecule has 2 heteroatoms. The molecule has 0 unspecified atom stereocenters. The molecular formula is C14H14FN. The first kappa shape index (κ1) is 10.8. The van der Waals surface area contributed by atoms with Crippen molar-refractivity contribution < 1.29 is 4.39 Å². The van der Waals surface area contributed by atoms with E-state index in [9.17, 15) is 4.39 Å². The third-order valence-corrected chi connectivity index (χ3v) is 2.62. The van der Waals surface area contributed by atoms with Gasteiger partial charge in [0.15, 0.2) is 0 Å². The topological polar surface area (TPSA) is 26.0 Å².